The van der Waals surface area contributed by atoms with Crippen LogP contribution in [-0.2, 0) is 10.0 Å². The molecule has 6 heteroatoms. The van der Waals surface area contributed by atoms with Gasteiger partial charge in [-0.25, -0.2) is 13.1 Å². The summed E-state index contributed by atoms with van der Waals surface area (Å²) in [5.41, 5.74) is 6.60. The maximum Gasteiger partial charge on any atom is 0.242 e. The summed E-state index contributed by atoms with van der Waals surface area (Å²) in [6, 6.07) is 4.80. The Morgan fingerprint density at radius 3 is 2.72 bits per heavy atom. The zero-order valence-corrected chi connectivity index (χ0v) is 11.4. The van der Waals surface area contributed by atoms with Crippen molar-refractivity contribution in [3.05, 3.63) is 30.4 Å². The Kier molecular flexibility index (Phi) is 5.18. The number of rotatable bonds is 6. The smallest absolute Gasteiger partial charge is 0.242 e. The highest BCUT2D eigenvalue weighted by Crippen LogP contribution is 2.23. The van der Waals surface area contributed by atoms with Crippen LogP contribution in [0.5, 0.6) is 0 Å². The fourth-order valence-corrected chi connectivity index (χ4v) is 2.41. The Balaban J connectivity index is 2.97. The number of allylic oxidation sites excluding steroid dienone is 1. The summed E-state index contributed by atoms with van der Waals surface area (Å²) in [5, 5.41) is 3.09. The van der Waals surface area contributed by atoms with Crippen molar-refractivity contribution in [1.29, 1.82) is 0 Å². The first-order chi connectivity index (χ1) is 8.51. The molecule has 0 aliphatic rings. The lowest BCUT2D eigenvalue weighted by Crippen LogP contribution is -2.20. The van der Waals surface area contributed by atoms with Crippen LogP contribution >= 0.6 is 0 Å². The van der Waals surface area contributed by atoms with Gasteiger partial charge in [-0.1, -0.05) is 12.2 Å². The zero-order chi connectivity index (χ0) is 13.6. The molecule has 0 bridgehead atoms. The van der Waals surface area contributed by atoms with E-state index in [-0.39, 0.29) is 4.90 Å². The van der Waals surface area contributed by atoms with E-state index in [1.165, 1.54) is 13.1 Å². The first-order valence-electron chi connectivity index (χ1n) is 5.69. The average Bonchev–Trinajstić information content (AvgIpc) is 2.36. The van der Waals surface area contributed by atoms with Crippen LogP contribution < -0.4 is 15.8 Å². The molecule has 1 aromatic carbocycles. The van der Waals surface area contributed by atoms with Gasteiger partial charge in [0.05, 0.1) is 5.69 Å². The van der Waals surface area contributed by atoms with E-state index in [1.54, 1.807) is 12.1 Å². The second-order valence-corrected chi connectivity index (χ2v) is 5.60. The maximum atomic E-state index is 11.8. The monoisotopic (exact) mass is 269 g/mol. The molecule has 1 rings (SSSR count). The first kappa shape index (κ1) is 14.5. The first-order valence-corrected chi connectivity index (χ1v) is 7.17. The number of sulfonamides is 1. The Hall–Kier alpha value is -1.53. The summed E-state index contributed by atoms with van der Waals surface area (Å²) in [6.45, 7) is 2.61. The molecule has 0 atom stereocenters. The SMILES string of the molecule is C/C=C/CCNc1ccc(N)cc1S(=O)(=O)NC. The average molecular weight is 269 g/mol. The van der Waals surface area contributed by atoms with Gasteiger partial charge in [0.25, 0.3) is 0 Å². The molecule has 0 fully saturated rings. The highest BCUT2D eigenvalue weighted by Gasteiger charge is 2.16. The number of hydrogen-bond acceptors (Lipinski definition) is 4. The van der Waals surface area contributed by atoms with Crippen LogP contribution in [-0.4, -0.2) is 22.0 Å². The van der Waals surface area contributed by atoms with Crippen LogP contribution in [0.15, 0.2) is 35.2 Å². The molecule has 0 spiro atoms. The Bertz CT molecular complexity index is 524. The van der Waals surface area contributed by atoms with Gasteiger partial charge in [-0.3, -0.25) is 0 Å². The number of anilines is 2. The Morgan fingerprint density at radius 1 is 1.39 bits per heavy atom. The number of nitrogens with two attached hydrogens (primary N) is 1. The molecule has 0 aromatic heterocycles. The number of benzene rings is 1. The second kappa shape index (κ2) is 6.42. The summed E-state index contributed by atoms with van der Waals surface area (Å²) in [7, 11) is -2.13. The van der Waals surface area contributed by atoms with E-state index in [9.17, 15) is 8.42 Å². The third-order valence-corrected chi connectivity index (χ3v) is 3.88. The number of hydrogen-bond donors (Lipinski definition) is 3. The maximum absolute atomic E-state index is 11.8. The minimum atomic E-state index is -3.50. The van der Waals surface area contributed by atoms with Crippen molar-refractivity contribution in [3.63, 3.8) is 0 Å². The summed E-state index contributed by atoms with van der Waals surface area (Å²) >= 11 is 0. The third kappa shape index (κ3) is 3.75. The molecule has 0 unspecified atom stereocenters. The number of nitrogens with one attached hydrogen (secondary N) is 2. The van der Waals surface area contributed by atoms with Crippen LogP contribution in [0.25, 0.3) is 0 Å². The van der Waals surface area contributed by atoms with Gasteiger partial charge in [0.15, 0.2) is 0 Å². The summed E-state index contributed by atoms with van der Waals surface area (Å²) in [4.78, 5) is 0.172. The Labute approximate surface area is 108 Å². The van der Waals surface area contributed by atoms with Gasteiger partial charge in [0.2, 0.25) is 10.0 Å². The molecule has 0 aliphatic heterocycles. The van der Waals surface area contributed by atoms with Gasteiger partial charge in [-0.2, -0.15) is 0 Å². The molecule has 0 saturated heterocycles. The summed E-state index contributed by atoms with van der Waals surface area (Å²) in [6.07, 6.45) is 4.80. The zero-order valence-electron chi connectivity index (χ0n) is 10.6. The van der Waals surface area contributed by atoms with Crippen molar-refractivity contribution >= 4 is 21.4 Å². The highest BCUT2D eigenvalue weighted by molar-refractivity contribution is 7.89. The molecule has 5 nitrogen and oxygen atoms in total. The predicted octanol–water partition coefficient (Wildman–Crippen LogP) is 1.55. The van der Waals surface area contributed by atoms with Crippen molar-refractivity contribution in [2.24, 2.45) is 0 Å². The lowest BCUT2D eigenvalue weighted by molar-refractivity contribution is 0.588. The van der Waals surface area contributed by atoms with Gasteiger partial charge in [-0.15, -0.1) is 0 Å². The fourth-order valence-electron chi connectivity index (χ4n) is 1.47. The van der Waals surface area contributed by atoms with E-state index < -0.39 is 10.0 Å². The summed E-state index contributed by atoms with van der Waals surface area (Å²) in [5.74, 6) is 0. The van der Waals surface area contributed by atoms with E-state index in [2.05, 4.69) is 10.0 Å². The van der Waals surface area contributed by atoms with Gasteiger partial charge < -0.3 is 11.1 Å². The minimum Gasteiger partial charge on any atom is -0.399 e. The second-order valence-electron chi connectivity index (χ2n) is 3.75. The Morgan fingerprint density at radius 2 is 2.11 bits per heavy atom. The lowest BCUT2D eigenvalue weighted by Gasteiger charge is -2.12. The van der Waals surface area contributed by atoms with Crippen LogP contribution in [0.4, 0.5) is 11.4 Å². The molecule has 0 radical (unpaired) electrons. The van der Waals surface area contributed by atoms with E-state index in [0.29, 0.717) is 17.9 Å². The normalized spacial score (nSPS) is 11.9. The fraction of sp³-hybridized carbons (Fsp3) is 0.333. The minimum absolute atomic E-state index is 0.172. The largest absolute Gasteiger partial charge is 0.399 e. The van der Waals surface area contributed by atoms with Crippen molar-refractivity contribution in [3.8, 4) is 0 Å². The standard InChI is InChI=1S/C12H19N3O2S/c1-3-4-5-8-15-11-7-6-10(13)9-12(11)18(16,17)14-2/h3-4,6-7,9,14-15H,5,8,13H2,1-2H3/b4-3+. The summed E-state index contributed by atoms with van der Waals surface area (Å²) < 4.78 is 26.0. The van der Waals surface area contributed by atoms with Crippen LogP contribution in [0.2, 0.25) is 0 Å². The van der Waals surface area contributed by atoms with Crippen LogP contribution in [0, 0.1) is 0 Å². The molecule has 4 N–H and O–H groups in total. The third-order valence-electron chi connectivity index (χ3n) is 2.43. The molecule has 0 heterocycles. The highest BCUT2D eigenvalue weighted by atomic mass is 32.2. The van der Waals surface area contributed by atoms with Crippen molar-refractivity contribution in [1.82, 2.24) is 4.72 Å². The molecule has 0 saturated carbocycles. The molecule has 100 valence electrons. The van der Waals surface area contributed by atoms with Gasteiger partial charge in [0, 0.05) is 12.2 Å². The number of nitrogen functional groups attached to an aromatic ring is 1. The molecule has 18 heavy (non-hydrogen) atoms. The van der Waals surface area contributed by atoms with Crippen molar-refractivity contribution in [2.75, 3.05) is 24.6 Å². The van der Waals surface area contributed by atoms with Gasteiger partial charge in [-0.05, 0) is 38.6 Å². The van der Waals surface area contributed by atoms with E-state index in [0.717, 1.165) is 6.42 Å². The quantitative estimate of drug-likeness (QED) is 0.415. The van der Waals surface area contributed by atoms with E-state index in [1.807, 2.05) is 19.1 Å². The van der Waals surface area contributed by atoms with E-state index in [4.69, 9.17) is 5.73 Å². The molecular formula is C12H19N3O2S. The molecular weight excluding hydrogens is 250 g/mol. The predicted molar refractivity (Wildman–Crippen MR) is 75.0 cm³/mol. The van der Waals surface area contributed by atoms with Crippen molar-refractivity contribution in [2.45, 2.75) is 18.2 Å². The van der Waals surface area contributed by atoms with Crippen LogP contribution in [0.3, 0.4) is 0 Å². The van der Waals surface area contributed by atoms with Gasteiger partial charge in [0.1, 0.15) is 4.90 Å². The molecule has 0 amide bonds. The molecule has 1 aromatic rings. The topological polar surface area (TPSA) is 84.2 Å². The van der Waals surface area contributed by atoms with Gasteiger partial charge >= 0.3 is 0 Å². The molecule has 0 aliphatic carbocycles. The van der Waals surface area contributed by atoms with E-state index >= 15 is 0 Å². The van der Waals surface area contributed by atoms with Crippen LogP contribution in [0.1, 0.15) is 13.3 Å². The lowest BCUT2D eigenvalue weighted by atomic mass is 10.2. The van der Waals surface area contributed by atoms with Crippen molar-refractivity contribution < 1.29 is 8.42 Å².